The van der Waals surface area contributed by atoms with Crippen LogP contribution >= 0.6 is 0 Å². The van der Waals surface area contributed by atoms with E-state index in [1.54, 1.807) is 12.1 Å². The van der Waals surface area contributed by atoms with E-state index in [1.807, 2.05) is 51.1 Å². The molecule has 126 valence electrons. The number of amides is 2. The van der Waals surface area contributed by atoms with Crippen LogP contribution in [0.5, 0.6) is 5.75 Å². The van der Waals surface area contributed by atoms with Crippen LogP contribution in [0.25, 0.3) is 0 Å². The van der Waals surface area contributed by atoms with E-state index < -0.39 is 5.91 Å². The number of benzene rings is 2. The molecule has 5 nitrogen and oxygen atoms in total. The summed E-state index contributed by atoms with van der Waals surface area (Å²) < 4.78 is 5.41. The van der Waals surface area contributed by atoms with Gasteiger partial charge in [-0.2, -0.15) is 0 Å². The lowest BCUT2D eigenvalue weighted by Gasteiger charge is -2.10. The van der Waals surface area contributed by atoms with Gasteiger partial charge in [0, 0.05) is 5.56 Å². The number of carbonyl (C=O) groups is 2. The SMILES string of the molecule is CCc1ccc(C(=O)NNC(=O)COc2ccc(C)c(C)c2)cc1. The highest BCUT2D eigenvalue weighted by atomic mass is 16.5. The van der Waals surface area contributed by atoms with E-state index in [9.17, 15) is 9.59 Å². The van der Waals surface area contributed by atoms with Gasteiger partial charge in [-0.25, -0.2) is 0 Å². The van der Waals surface area contributed by atoms with E-state index in [2.05, 4.69) is 10.9 Å². The molecule has 0 aliphatic carbocycles. The lowest BCUT2D eigenvalue weighted by atomic mass is 10.1. The smallest absolute Gasteiger partial charge is 0.276 e. The summed E-state index contributed by atoms with van der Waals surface area (Å²) in [5.74, 6) is -0.168. The summed E-state index contributed by atoms with van der Waals surface area (Å²) in [6, 6.07) is 12.8. The Kier molecular flexibility index (Phi) is 5.95. The van der Waals surface area contributed by atoms with Gasteiger partial charge in [-0.1, -0.05) is 25.1 Å². The molecule has 0 aliphatic heterocycles. The number of carbonyl (C=O) groups excluding carboxylic acids is 2. The number of hydrogen-bond acceptors (Lipinski definition) is 3. The van der Waals surface area contributed by atoms with Crippen LogP contribution in [0, 0.1) is 13.8 Å². The van der Waals surface area contributed by atoms with E-state index >= 15 is 0 Å². The summed E-state index contributed by atoms with van der Waals surface area (Å²) in [6.45, 7) is 5.86. The minimum Gasteiger partial charge on any atom is -0.484 e. The second-order valence-corrected chi connectivity index (χ2v) is 5.59. The van der Waals surface area contributed by atoms with Crippen LogP contribution < -0.4 is 15.6 Å². The molecule has 0 bridgehead atoms. The molecule has 0 spiro atoms. The van der Waals surface area contributed by atoms with Crippen LogP contribution in [0.1, 0.15) is 34.0 Å². The number of hydrazine groups is 1. The molecule has 0 atom stereocenters. The van der Waals surface area contributed by atoms with Gasteiger partial charge in [0.15, 0.2) is 6.61 Å². The van der Waals surface area contributed by atoms with Gasteiger partial charge in [0.25, 0.3) is 11.8 Å². The van der Waals surface area contributed by atoms with Crippen molar-refractivity contribution in [3.63, 3.8) is 0 Å². The van der Waals surface area contributed by atoms with Crippen molar-refractivity contribution >= 4 is 11.8 Å². The zero-order valence-corrected chi connectivity index (χ0v) is 14.2. The van der Waals surface area contributed by atoms with Crippen molar-refractivity contribution in [3.05, 3.63) is 64.7 Å². The van der Waals surface area contributed by atoms with Gasteiger partial charge in [-0.3, -0.25) is 20.4 Å². The van der Waals surface area contributed by atoms with Crippen LogP contribution in [0.3, 0.4) is 0 Å². The summed E-state index contributed by atoms with van der Waals surface area (Å²) in [5, 5.41) is 0. The molecule has 0 fully saturated rings. The molecule has 5 heteroatoms. The Bertz CT molecular complexity index is 724. The largest absolute Gasteiger partial charge is 0.484 e. The first kappa shape index (κ1) is 17.5. The molecule has 2 aromatic carbocycles. The van der Waals surface area contributed by atoms with E-state index in [-0.39, 0.29) is 12.5 Å². The fourth-order valence-electron chi connectivity index (χ4n) is 2.08. The van der Waals surface area contributed by atoms with Crippen molar-refractivity contribution < 1.29 is 14.3 Å². The van der Waals surface area contributed by atoms with Crippen molar-refractivity contribution in [2.45, 2.75) is 27.2 Å². The van der Waals surface area contributed by atoms with Gasteiger partial charge < -0.3 is 4.74 Å². The molecule has 0 aromatic heterocycles. The minimum atomic E-state index is -0.424. The third-order valence-electron chi connectivity index (χ3n) is 3.79. The van der Waals surface area contributed by atoms with Gasteiger partial charge in [-0.15, -0.1) is 0 Å². The molecule has 2 N–H and O–H groups in total. The van der Waals surface area contributed by atoms with Crippen LogP contribution in [0.2, 0.25) is 0 Å². The highest BCUT2D eigenvalue weighted by Crippen LogP contribution is 2.16. The number of aryl methyl sites for hydroxylation is 3. The molecule has 2 aromatic rings. The van der Waals surface area contributed by atoms with Crippen molar-refractivity contribution in [2.24, 2.45) is 0 Å². The molecule has 0 saturated carbocycles. The summed E-state index contributed by atoms with van der Waals surface area (Å²) in [4.78, 5) is 23.7. The average molecular weight is 326 g/mol. The molecule has 2 rings (SSSR count). The molecule has 0 unspecified atom stereocenters. The van der Waals surface area contributed by atoms with Crippen LogP contribution in [0.4, 0.5) is 0 Å². The predicted octanol–water partition coefficient (Wildman–Crippen LogP) is 2.71. The summed E-state index contributed by atoms with van der Waals surface area (Å²) in [6.07, 6.45) is 0.911. The second kappa shape index (κ2) is 8.15. The number of rotatable bonds is 5. The summed E-state index contributed by atoms with van der Waals surface area (Å²) in [7, 11) is 0. The molecule has 24 heavy (non-hydrogen) atoms. The standard InChI is InChI=1S/C19H22N2O3/c1-4-15-6-8-16(9-7-15)19(23)21-20-18(22)12-24-17-10-5-13(2)14(3)11-17/h5-11H,4,12H2,1-3H3,(H,20,22)(H,21,23). The Balaban J connectivity index is 1.79. The quantitative estimate of drug-likeness (QED) is 0.830. The first-order chi connectivity index (χ1) is 11.5. The van der Waals surface area contributed by atoms with Crippen molar-refractivity contribution in [1.82, 2.24) is 10.9 Å². The van der Waals surface area contributed by atoms with Crippen LogP contribution in [-0.2, 0) is 11.2 Å². The third kappa shape index (κ3) is 4.84. The zero-order chi connectivity index (χ0) is 17.5. The fraction of sp³-hybridized carbons (Fsp3) is 0.263. The Morgan fingerprint density at radius 1 is 0.958 bits per heavy atom. The van der Waals surface area contributed by atoms with Crippen molar-refractivity contribution in [1.29, 1.82) is 0 Å². The Morgan fingerprint density at radius 3 is 2.29 bits per heavy atom. The predicted molar refractivity (Wildman–Crippen MR) is 92.8 cm³/mol. The highest BCUT2D eigenvalue weighted by Gasteiger charge is 2.08. The fourth-order valence-corrected chi connectivity index (χ4v) is 2.08. The maximum atomic E-state index is 11.9. The lowest BCUT2D eigenvalue weighted by molar-refractivity contribution is -0.123. The summed E-state index contributed by atoms with van der Waals surface area (Å²) >= 11 is 0. The Morgan fingerprint density at radius 2 is 1.67 bits per heavy atom. The Hall–Kier alpha value is -2.82. The van der Waals surface area contributed by atoms with Crippen molar-refractivity contribution in [2.75, 3.05) is 6.61 Å². The average Bonchev–Trinajstić information content (AvgIpc) is 2.60. The highest BCUT2D eigenvalue weighted by molar-refractivity contribution is 5.95. The lowest BCUT2D eigenvalue weighted by Crippen LogP contribution is -2.43. The normalized spacial score (nSPS) is 10.1. The maximum Gasteiger partial charge on any atom is 0.276 e. The van der Waals surface area contributed by atoms with Gasteiger partial charge in [0.1, 0.15) is 5.75 Å². The number of nitrogens with one attached hydrogen (secondary N) is 2. The number of ether oxygens (including phenoxy) is 1. The molecular formula is C19H22N2O3. The van der Waals surface area contributed by atoms with E-state index in [0.29, 0.717) is 11.3 Å². The first-order valence-electron chi connectivity index (χ1n) is 7.87. The summed E-state index contributed by atoms with van der Waals surface area (Å²) in [5.41, 5.74) is 8.61. The third-order valence-corrected chi connectivity index (χ3v) is 3.79. The molecule has 0 aliphatic rings. The second-order valence-electron chi connectivity index (χ2n) is 5.59. The zero-order valence-electron chi connectivity index (χ0n) is 14.2. The van der Waals surface area contributed by atoms with Crippen molar-refractivity contribution in [3.8, 4) is 5.75 Å². The number of hydrogen-bond donors (Lipinski definition) is 2. The monoisotopic (exact) mass is 326 g/mol. The minimum absolute atomic E-state index is 0.169. The van der Waals surface area contributed by atoms with Gasteiger partial charge in [0.05, 0.1) is 0 Å². The van der Waals surface area contributed by atoms with Gasteiger partial charge in [-0.05, 0) is 61.2 Å². The van der Waals surface area contributed by atoms with E-state index in [1.165, 1.54) is 0 Å². The van der Waals surface area contributed by atoms with Gasteiger partial charge >= 0.3 is 0 Å². The van der Waals surface area contributed by atoms with E-state index in [0.717, 1.165) is 23.1 Å². The Labute approximate surface area is 142 Å². The van der Waals surface area contributed by atoms with Crippen LogP contribution in [-0.4, -0.2) is 18.4 Å². The molecular weight excluding hydrogens is 304 g/mol. The molecule has 0 saturated heterocycles. The topological polar surface area (TPSA) is 67.4 Å². The molecule has 2 amide bonds. The first-order valence-corrected chi connectivity index (χ1v) is 7.87. The molecule has 0 heterocycles. The molecule has 0 radical (unpaired) electrons. The van der Waals surface area contributed by atoms with Crippen LogP contribution in [0.15, 0.2) is 42.5 Å². The van der Waals surface area contributed by atoms with Gasteiger partial charge in [0.2, 0.25) is 0 Å². The van der Waals surface area contributed by atoms with E-state index in [4.69, 9.17) is 4.74 Å². The maximum absolute atomic E-state index is 11.9.